The number of benzene rings is 2. The van der Waals surface area contributed by atoms with Crippen LogP contribution in [-0.4, -0.2) is 4.99 Å². The molecule has 0 atom stereocenters. The highest BCUT2D eigenvalue weighted by Crippen LogP contribution is 2.26. The van der Waals surface area contributed by atoms with E-state index in [0.29, 0.717) is 12.5 Å². The molecule has 0 saturated carbocycles. The molecular weight excluding hydrogens is 326 g/mol. The van der Waals surface area contributed by atoms with E-state index in [1.807, 2.05) is 0 Å². The standard InChI is InChI=1S/C22H29NOS/c1-6-17-8-11-21(16(5)12-17)24-14-19-13-18(15(3)4)9-10-20(19)23-22(25)7-2/h8-13,15H,6-7,14H2,1-5H3,(H,23,25). The first-order valence-electron chi connectivity index (χ1n) is 9.09. The molecule has 0 aliphatic carbocycles. The van der Waals surface area contributed by atoms with Gasteiger partial charge in [0.15, 0.2) is 0 Å². The van der Waals surface area contributed by atoms with E-state index in [1.165, 1.54) is 16.7 Å². The fraction of sp³-hybridized carbons (Fsp3) is 0.409. The van der Waals surface area contributed by atoms with Gasteiger partial charge in [-0.1, -0.05) is 64.2 Å². The minimum absolute atomic E-state index is 0.483. The second-order valence-electron chi connectivity index (χ2n) is 6.72. The Kier molecular flexibility index (Phi) is 7.01. The molecule has 0 fully saturated rings. The van der Waals surface area contributed by atoms with Crippen molar-refractivity contribution < 1.29 is 4.74 Å². The van der Waals surface area contributed by atoms with Gasteiger partial charge in [0, 0.05) is 11.3 Å². The Labute approximate surface area is 157 Å². The number of nitrogens with one attached hydrogen (secondary N) is 1. The second kappa shape index (κ2) is 9.00. The molecule has 2 nitrogen and oxygen atoms in total. The molecule has 0 amide bonds. The van der Waals surface area contributed by atoms with Crippen LogP contribution in [0.2, 0.25) is 0 Å². The minimum atomic E-state index is 0.483. The molecule has 2 aromatic carbocycles. The SMILES string of the molecule is CCC(=S)Nc1ccc(C(C)C)cc1COc1ccc(CC)cc1C. The molecule has 134 valence electrons. The maximum atomic E-state index is 6.13. The summed E-state index contributed by atoms with van der Waals surface area (Å²) in [5.74, 6) is 1.42. The normalized spacial score (nSPS) is 10.8. The van der Waals surface area contributed by atoms with Gasteiger partial charge in [0.2, 0.25) is 0 Å². The van der Waals surface area contributed by atoms with Crippen molar-refractivity contribution in [3.63, 3.8) is 0 Å². The molecule has 25 heavy (non-hydrogen) atoms. The van der Waals surface area contributed by atoms with E-state index in [1.54, 1.807) is 0 Å². The van der Waals surface area contributed by atoms with Crippen LogP contribution in [0.1, 0.15) is 62.3 Å². The Bertz CT molecular complexity index is 737. The number of aryl methyl sites for hydroxylation is 2. The van der Waals surface area contributed by atoms with Crippen molar-refractivity contribution in [1.82, 2.24) is 0 Å². The van der Waals surface area contributed by atoms with Crippen LogP contribution >= 0.6 is 12.2 Å². The smallest absolute Gasteiger partial charge is 0.122 e. The van der Waals surface area contributed by atoms with Gasteiger partial charge in [-0.05, 0) is 54.5 Å². The van der Waals surface area contributed by atoms with Gasteiger partial charge in [-0.25, -0.2) is 0 Å². The van der Waals surface area contributed by atoms with E-state index in [2.05, 4.69) is 76.3 Å². The highest BCUT2D eigenvalue weighted by Gasteiger charge is 2.09. The molecular formula is C22H29NOS. The molecule has 0 spiro atoms. The molecule has 0 aromatic heterocycles. The molecule has 2 aromatic rings. The molecule has 0 heterocycles. The van der Waals surface area contributed by atoms with Crippen LogP contribution in [0.25, 0.3) is 0 Å². The third-order valence-electron chi connectivity index (χ3n) is 4.42. The summed E-state index contributed by atoms with van der Waals surface area (Å²) in [6, 6.07) is 12.9. The van der Waals surface area contributed by atoms with Crippen molar-refractivity contribution in [3.05, 3.63) is 58.7 Å². The highest BCUT2D eigenvalue weighted by atomic mass is 32.1. The molecule has 2 rings (SSSR count). The van der Waals surface area contributed by atoms with Crippen LogP contribution < -0.4 is 10.1 Å². The zero-order chi connectivity index (χ0) is 18.4. The predicted molar refractivity (Wildman–Crippen MR) is 112 cm³/mol. The Morgan fingerprint density at radius 2 is 1.88 bits per heavy atom. The molecule has 1 N–H and O–H groups in total. The molecule has 0 radical (unpaired) electrons. The molecule has 0 aliphatic rings. The first kappa shape index (κ1) is 19.5. The number of rotatable bonds is 7. The number of anilines is 1. The third-order valence-corrected chi connectivity index (χ3v) is 4.81. The number of thiocarbonyl (C=S) groups is 1. The van der Waals surface area contributed by atoms with Crippen LogP contribution in [0, 0.1) is 6.92 Å². The summed E-state index contributed by atoms with van der Waals surface area (Å²) in [6.45, 7) is 11.3. The lowest BCUT2D eigenvalue weighted by Crippen LogP contribution is -2.11. The number of hydrogen-bond donors (Lipinski definition) is 1. The largest absolute Gasteiger partial charge is 0.489 e. The fourth-order valence-corrected chi connectivity index (χ4v) is 2.81. The lowest BCUT2D eigenvalue weighted by molar-refractivity contribution is 0.304. The number of hydrogen-bond acceptors (Lipinski definition) is 2. The highest BCUT2D eigenvalue weighted by molar-refractivity contribution is 7.80. The van der Waals surface area contributed by atoms with E-state index in [-0.39, 0.29) is 0 Å². The van der Waals surface area contributed by atoms with Gasteiger partial charge in [-0.2, -0.15) is 0 Å². The first-order chi connectivity index (χ1) is 11.9. The Morgan fingerprint density at radius 1 is 1.12 bits per heavy atom. The van der Waals surface area contributed by atoms with Crippen LogP contribution in [0.4, 0.5) is 5.69 Å². The van der Waals surface area contributed by atoms with Gasteiger partial charge in [-0.15, -0.1) is 0 Å². The lowest BCUT2D eigenvalue weighted by Gasteiger charge is -2.17. The van der Waals surface area contributed by atoms with Crippen molar-refractivity contribution in [2.24, 2.45) is 0 Å². The van der Waals surface area contributed by atoms with E-state index < -0.39 is 0 Å². The van der Waals surface area contributed by atoms with Crippen LogP contribution in [0.3, 0.4) is 0 Å². The van der Waals surface area contributed by atoms with Crippen LogP contribution in [-0.2, 0) is 13.0 Å². The summed E-state index contributed by atoms with van der Waals surface area (Å²) in [5, 5.41) is 3.35. The zero-order valence-corrected chi connectivity index (χ0v) is 16.8. The lowest BCUT2D eigenvalue weighted by atomic mass is 10.00. The van der Waals surface area contributed by atoms with Gasteiger partial charge in [0.25, 0.3) is 0 Å². The maximum Gasteiger partial charge on any atom is 0.122 e. The van der Waals surface area contributed by atoms with Crippen LogP contribution in [0.15, 0.2) is 36.4 Å². The van der Waals surface area contributed by atoms with Gasteiger partial charge in [-0.3, -0.25) is 0 Å². The Hall–Kier alpha value is -1.87. The van der Waals surface area contributed by atoms with Gasteiger partial charge < -0.3 is 10.1 Å². The topological polar surface area (TPSA) is 21.3 Å². The third kappa shape index (κ3) is 5.30. The minimum Gasteiger partial charge on any atom is -0.489 e. The van der Waals surface area contributed by atoms with Crippen molar-refractivity contribution in [1.29, 1.82) is 0 Å². The van der Waals surface area contributed by atoms with E-state index >= 15 is 0 Å². The summed E-state index contributed by atoms with van der Waals surface area (Å²) in [5.41, 5.74) is 6.00. The quantitative estimate of drug-likeness (QED) is 0.580. The molecule has 0 unspecified atom stereocenters. The molecule has 3 heteroatoms. The first-order valence-corrected chi connectivity index (χ1v) is 9.50. The van der Waals surface area contributed by atoms with E-state index in [0.717, 1.165) is 34.8 Å². The van der Waals surface area contributed by atoms with Gasteiger partial charge in [0.05, 0.1) is 4.99 Å². The second-order valence-corrected chi connectivity index (χ2v) is 7.21. The van der Waals surface area contributed by atoms with Crippen molar-refractivity contribution in [2.75, 3.05) is 5.32 Å². The summed E-state index contributed by atoms with van der Waals surface area (Å²) < 4.78 is 6.13. The molecule has 0 bridgehead atoms. The maximum absolute atomic E-state index is 6.13. The fourth-order valence-electron chi connectivity index (χ4n) is 2.70. The van der Waals surface area contributed by atoms with E-state index in [9.17, 15) is 0 Å². The zero-order valence-electron chi connectivity index (χ0n) is 16.0. The van der Waals surface area contributed by atoms with Gasteiger partial charge in [0.1, 0.15) is 12.4 Å². The Morgan fingerprint density at radius 3 is 2.48 bits per heavy atom. The summed E-state index contributed by atoms with van der Waals surface area (Å²) >= 11 is 5.36. The average molecular weight is 356 g/mol. The van der Waals surface area contributed by atoms with Crippen LogP contribution in [0.5, 0.6) is 5.75 Å². The van der Waals surface area contributed by atoms with E-state index in [4.69, 9.17) is 17.0 Å². The monoisotopic (exact) mass is 355 g/mol. The number of ether oxygens (including phenoxy) is 1. The predicted octanol–water partition coefficient (Wildman–Crippen LogP) is 6.41. The average Bonchev–Trinajstić information content (AvgIpc) is 2.61. The molecule has 0 aliphatic heterocycles. The van der Waals surface area contributed by atoms with Crippen molar-refractivity contribution >= 4 is 22.9 Å². The van der Waals surface area contributed by atoms with Crippen molar-refractivity contribution in [3.8, 4) is 5.75 Å². The summed E-state index contributed by atoms with van der Waals surface area (Å²) in [7, 11) is 0. The molecule has 0 saturated heterocycles. The summed E-state index contributed by atoms with van der Waals surface area (Å²) in [4.78, 5) is 0.849. The Balaban J connectivity index is 2.23. The van der Waals surface area contributed by atoms with Crippen molar-refractivity contribution in [2.45, 2.75) is 60.0 Å². The van der Waals surface area contributed by atoms with Gasteiger partial charge >= 0.3 is 0 Å². The summed E-state index contributed by atoms with van der Waals surface area (Å²) in [6.07, 6.45) is 1.87.